The van der Waals surface area contributed by atoms with E-state index in [2.05, 4.69) is 5.32 Å². The van der Waals surface area contributed by atoms with Crippen LogP contribution in [0.1, 0.15) is 16.8 Å². The number of halogens is 1. The molecule has 0 atom stereocenters. The molecule has 0 saturated heterocycles. The molecule has 0 saturated carbocycles. The van der Waals surface area contributed by atoms with Crippen LogP contribution in [0.2, 0.25) is 5.02 Å². The highest BCUT2D eigenvalue weighted by Crippen LogP contribution is 2.20. The smallest absolute Gasteiger partial charge is 0.292 e. The minimum atomic E-state index is -0.823. The maximum absolute atomic E-state index is 12.5. The Kier molecular flexibility index (Phi) is 4.91. The highest BCUT2D eigenvalue weighted by atomic mass is 35.5. The third kappa shape index (κ3) is 3.92. The fourth-order valence-electron chi connectivity index (χ4n) is 2.52. The molecule has 5 heteroatoms. The monoisotopic (exact) mass is 351 g/mol. The van der Waals surface area contributed by atoms with Crippen molar-refractivity contribution in [3.63, 3.8) is 0 Å². The Bertz CT molecular complexity index is 959. The summed E-state index contributed by atoms with van der Waals surface area (Å²) in [6, 6.07) is 19.1. The van der Waals surface area contributed by atoms with Crippen LogP contribution in [0.4, 0.5) is 5.69 Å². The third-order valence-electron chi connectivity index (χ3n) is 3.77. The fraction of sp³-hybridized carbons (Fsp3) is 0.0500. The number of carbonyl (C=O) groups is 3. The van der Waals surface area contributed by atoms with Gasteiger partial charge in [-0.3, -0.25) is 14.4 Å². The lowest BCUT2D eigenvalue weighted by molar-refractivity contribution is -0.134. The first-order chi connectivity index (χ1) is 12.0. The van der Waals surface area contributed by atoms with Crippen molar-refractivity contribution in [1.82, 2.24) is 0 Å². The molecule has 0 aliphatic carbocycles. The molecule has 25 heavy (non-hydrogen) atoms. The van der Waals surface area contributed by atoms with Gasteiger partial charge in [-0.1, -0.05) is 54.1 Å². The summed E-state index contributed by atoms with van der Waals surface area (Å²) in [6.45, 7) is 0. The zero-order valence-corrected chi connectivity index (χ0v) is 13.9. The van der Waals surface area contributed by atoms with Crippen LogP contribution in [-0.2, 0) is 9.59 Å². The standard InChI is InChI=1S/C20H14ClNO3/c21-14-8-10-15(11-9-14)22-20(25)19(24)12-18(23)17-7-3-5-13-4-1-2-6-16(13)17/h1-11H,12H2,(H,22,25). The third-order valence-corrected chi connectivity index (χ3v) is 4.02. The van der Waals surface area contributed by atoms with Gasteiger partial charge < -0.3 is 5.32 Å². The lowest BCUT2D eigenvalue weighted by Crippen LogP contribution is -2.25. The van der Waals surface area contributed by atoms with Crippen LogP contribution in [0, 0.1) is 0 Å². The van der Waals surface area contributed by atoms with Gasteiger partial charge in [-0.25, -0.2) is 0 Å². The van der Waals surface area contributed by atoms with Gasteiger partial charge in [0.05, 0.1) is 6.42 Å². The number of Topliss-reactive ketones (excluding diaryl/α,β-unsaturated/α-hetero) is 2. The Morgan fingerprint density at radius 2 is 1.52 bits per heavy atom. The van der Waals surface area contributed by atoms with Crippen molar-refractivity contribution in [2.24, 2.45) is 0 Å². The Balaban J connectivity index is 1.72. The molecule has 3 rings (SSSR count). The predicted octanol–water partition coefficient (Wildman–Crippen LogP) is 4.27. The summed E-state index contributed by atoms with van der Waals surface area (Å²) in [5.74, 6) is -1.99. The Hall–Kier alpha value is -2.98. The fourth-order valence-corrected chi connectivity index (χ4v) is 2.65. The number of fused-ring (bicyclic) bond motifs is 1. The average Bonchev–Trinajstić information content (AvgIpc) is 2.63. The zero-order chi connectivity index (χ0) is 17.8. The Labute approximate surface area is 149 Å². The van der Waals surface area contributed by atoms with Crippen molar-refractivity contribution >= 4 is 45.5 Å². The molecule has 1 amide bonds. The molecule has 3 aromatic carbocycles. The first kappa shape index (κ1) is 16.9. The van der Waals surface area contributed by atoms with E-state index in [1.54, 1.807) is 36.4 Å². The molecule has 0 spiro atoms. The second-order valence-electron chi connectivity index (χ2n) is 5.51. The van der Waals surface area contributed by atoms with Crippen molar-refractivity contribution in [3.05, 3.63) is 77.3 Å². The molecule has 0 aromatic heterocycles. The molecule has 0 unspecified atom stereocenters. The topological polar surface area (TPSA) is 63.2 Å². The van der Waals surface area contributed by atoms with Crippen LogP contribution in [0.25, 0.3) is 10.8 Å². The first-order valence-electron chi connectivity index (χ1n) is 7.65. The van der Waals surface area contributed by atoms with E-state index in [0.29, 0.717) is 16.3 Å². The normalized spacial score (nSPS) is 10.4. The molecule has 1 N–H and O–H groups in total. The maximum atomic E-state index is 12.5. The number of anilines is 1. The summed E-state index contributed by atoms with van der Waals surface area (Å²) >= 11 is 5.77. The molecule has 0 radical (unpaired) electrons. The van der Waals surface area contributed by atoms with E-state index >= 15 is 0 Å². The van der Waals surface area contributed by atoms with E-state index in [9.17, 15) is 14.4 Å². The summed E-state index contributed by atoms with van der Waals surface area (Å²) < 4.78 is 0. The van der Waals surface area contributed by atoms with Crippen molar-refractivity contribution in [3.8, 4) is 0 Å². The van der Waals surface area contributed by atoms with Crippen molar-refractivity contribution < 1.29 is 14.4 Å². The molecule has 3 aromatic rings. The van der Waals surface area contributed by atoms with Gasteiger partial charge in [-0.2, -0.15) is 0 Å². The van der Waals surface area contributed by atoms with Crippen LogP contribution < -0.4 is 5.32 Å². The van der Waals surface area contributed by atoms with Crippen LogP contribution in [-0.4, -0.2) is 17.5 Å². The molecule has 0 fully saturated rings. The van der Waals surface area contributed by atoms with Gasteiger partial charge in [0.15, 0.2) is 5.78 Å². The highest BCUT2D eigenvalue weighted by molar-refractivity contribution is 6.44. The molecule has 4 nitrogen and oxygen atoms in total. The van der Waals surface area contributed by atoms with Crippen LogP contribution in [0.15, 0.2) is 66.7 Å². The predicted molar refractivity (Wildman–Crippen MR) is 98.0 cm³/mol. The van der Waals surface area contributed by atoms with Crippen molar-refractivity contribution in [1.29, 1.82) is 0 Å². The summed E-state index contributed by atoms with van der Waals surface area (Å²) in [5.41, 5.74) is 0.881. The number of nitrogens with one attached hydrogen (secondary N) is 1. The van der Waals surface area contributed by atoms with E-state index in [1.165, 1.54) is 0 Å². The summed E-state index contributed by atoms with van der Waals surface area (Å²) in [6.07, 6.45) is -0.479. The van der Waals surface area contributed by atoms with E-state index in [1.807, 2.05) is 30.3 Å². The van der Waals surface area contributed by atoms with Crippen LogP contribution in [0.3, 0.4) is 0 Å². The maximum Gasteiger partial charge on any atom is 0.292 e. The van der Waals surface area contributed by atoms with Crippen LogP contribution in [0.5, 0.6) is 0 Å². The number of benzene rings is 3. The number of hydrogen-bond donors (Lipinski definition) is 1. The minimum Gasteiger partial charge on any atom is -0.319 e. The van der Waals surface area contributed by atoms with Crippen molar-refractivity contribution in [2.45, 2.75) is 6.42 Å². The second-order valence-corrected chi connectivity index (χ2v) is 5.95. The van der Waals surface area contributed by atoms with E-state index < -0.39 is 18.1 Å². The van der Waals surface area contributed by atoms with Gasteiger partial charge in [-0.05, 0) is 35.0 Å². The summed E-state index contributed by atoms with van der Waals surface area (Å²) in [5, 5.41) is 4.66. The lowest BCUT2D eigenvalue weighted by Gasteiger charge is -2.06. The zero-order valence-electron chi connectivity index (χ0n) is 13.2. The molecule has 124 valence electrons. The molecular formula is C20H14ClNO3. The van der Waals surface area contributed by atoms with Gasteiger partial charge in [0.2, 0.25) is 5.78 Å². The SMILES string of the molecule is O=C(CC(=O)c1cccc2ccccc12)C(=O)Nc1ccc(Cl)cc1. The van der Waals surface area contributed by atoms with Gasteiger partial charge in [0.1, 0.15) is 0 Å². The molecular weight excluding hydrogens is 338 g/mol. The van der Waals surface area contributed by atoms with Crippen LogP contribution >= 0.6 is 11.6 Å². The van der Waals surface area contributed by atoms with Crippen molar-refractivity contribution in [2.75, 3.05) is 5.32 Å². The molecule has 0 bridgehead atoms. The highest BCUT2D eigenvalue weighted by Gasteiger charge is 2.20. The molecule has 0 heterocycles. The average molecular weight is 352 g/mol. The number of hydrogen-bond acceptors (Lipinski definition) is 3. The summed E-state index contributed by atoms with van der Waals surface area (Å²) in [4.78, 5) is 36.5. The van der Waals surface area contributed by atoms with Gasteiger partial charge >= 0.3 is 0 Å². The number of carbonyl (C=O) groups excluding carboxylic acids is 3. The number of ketones is 2. The number of amides is 1. The largest absolute Gasteiger partial charge is 0.319 e. The molecule has 0 aliphatic heterocycles. The van der Waals surface area contributed by atoms with Gasteiger partial charge in [0.25, 0.3) is 5.91 Å². The van der Waals surface area contributed by atoms with E-state index in [-0.39, 0.29) is 5.78 Å². The molecule has 0 aliphatic rings. The van der Waals surface area contributed by atoms with Gasteiger partial charge in [-0.15, -0.1) is 0 Å². The Morgan fingerprint density at radius 3 is 2.28 bits per heavy atom. The number of rotatable bonds is 5. The van der Waals surface area contributed by atoms with Gasteiger partial charge in [0, 0.05) is 16.3 Å². The minimum absolute atomic E-state index is 0.381. The quantitative estimate of drug-likeness (QED) is 0.424. The Morgan fingerprint density at radius 1 is 0.840 bits per heavy atom. The first-order valence-corrected chi connectivity index (χ1v) is 8.03. The second kappa shape index (κ2) is 7.28. The van der Waals surface area contributed by atoms with E-state index in [4.69, 9.17) is 11.6 Å². The lowest BCUT2D eigenvalue weighted by atomic mass is 9.98. The van der Waals surface area contributed by atoms with E-state index in [0.717, 1.165) is 10.8 Å². The summed E-state index contributed by atoms with van der Waals surface area (Å²) in [7, 11) is 0.